The number of aliphatic hydroxyl groups excluding tert-OH is 1. The van der Waals surface area contributed by atoms with Crippen molar-refractivity contribution in [3.8, 4) is 0 Å². The quantitative estimate of drug-likeness (QED) is 0.111. The van der Waals surface area contributed by atoms with E-state index in [1.165, 1.54) is 55.6 Å². The van der Waals surface area contributed by atoms with Crippen LogP contribution < -0.4 is 0 Å². The predicted octanol–water partition coefficient (Wildman–Crippen LogP) is 8.02. The molecule has 0 spiro atoms. The number of aliphatic hydroxyl groups is 1. The molecular formula is C34H46Co2Mo2O4-12. The molecule has 8 heteroatoms. The van der Waals surface area contributed by atoms with Crippen molar-refractivity contribution in [3.63, 3.8) is 0 Å². The zero-order valence-electron chi connectivity index (χ0n) is 26.4. The van der Waals surface area contributed by atoms with Crippen molar-refractivity contribution in [1.29, 1.82) is 0 Å². The van der Waals surface area contributed by atoms with Crippen molar-refractivity contribution < 1.29 is 85.5 Å². The molecule has 0 aliphatic heterocycles. The smallest absolute Gasteiger partial charge is 0.172 e. The largest absolute Gasteiger partial charge is 0.214 e. The first-order chi connectivity index (χ1) is 19.1. The van der Waals surface area contributed by atoms with Gasteiger partial charge in [0.15, 0.2) is 0 Å². The summed E-state index contributed by atoms with van der Waals surface area (Å²) in [4.78, 5) is 23.2. The van der Waals surface area contributed by atoms with Crippen LogP contribution in [0.4, 0.5) is 0 Å². The van der Waals surface area contributed by atoms with E-state index in [0.717, 1.165) is 0 Å². The number of rotatable bonds is 0. The van der Waals surface area contributed by atoms with Crippen molar-refractivity contribution in [2.75, 3.05) is 0 Å². The molecule has 248 valence electrons. The van der Waals surface area contributed by atoms with Gasteiger partial charge in [-0.2, -0.15) is 64.2 Å². The van der Waals surface area contributed by atoms with Gasteiger partial charge in [0.05, 0.1) is 0 Å². The zero-order chi connectivity index (χ0) is 32.8. The first-order valence-electron chi connectivity index (χ1n) is 12.0. The molecule has 0 saturated carbocycles. The van der Waals surface area contributed by atoms with Crippen LogP contribution >= 0.6 is 0 Å². The molecular weight excluding hydrogens is 782 g/mol. The van der Waals surface area contributed by atoms with E-state index < -0.39 is 0 Å². The molecule has 4 aromatic rings. The fourth-order valence-corrected chi connectivity index (χ4v) is 3.45. The van der Waals surface area contributed by atoms with Crippen LogP contribution in [0, 0.1) is 76.3 Å². The molecule has 0 fully saturated rings. The summed E-state index contributed by atoms with van der Waals surface area (Å²) < 4.78 is 0. The van der Waals surface area contributed by atoms with Crippen molar-refractivity contribution >= 4 is 20.4 Å². The third kappa shape index (κ3) is 23.2. The van der Waals surface area contributed by atoms with E-state index in [4.69, 9.17) is 19.5 Å². The molecule has 0 saturated heterocycles. The van der Waals surface area contributed by atoms with E-state index in [0.29, 0.717) is 0 Å². The fraction of sp³-hybridized carbons (Fsp3) is 0.294. The molecule has 4 rings (SSSR count). The second kappa shape index (κ2) is 39.8. The molecule has 0 unspecified atom stereocenters. The van der Waals surface area contributed by atoms with E-state index in [2.05, 4.69) is 96.7 Å². The Balaban J connectivity index is -0.0000000714. The van der Waals surface area contributed by atoms with E-state index in [1.54, 1.807) is 0 Å². The maximum atomic E-state index is 7.75. The number of hydrogen-bond donors (Lipinski definition) is 1. The third-order valence-corrected chi connectivity index (χ3v) is 6.74. The van der Waals surface area contributed by atoms with Gasteiger partial charge in [-0.3, -0.25) is 20.4 Å². The molecule has 2 radical (unpaired) electrons. The van der Waals surface area contributed by atoms with Crippen molar-refractivity contribution in [2.45, 2.75) is 69.2 Å². The molecule has 0 aliphatic carbocycles. The average molecular weight is 828 g/mol. The minimum absolute atomic E-state index is 0. The van der Waals surface area contributed by atoms with Crippen LogP contribution in [-0.2, 0) is 80.4 Å². The Morgan fingerprint density at radius 1 is 0.548 bits per heavy atom. The Kier molecular flexibility index (Phi) is 53.5. The normalized spacial score (nSPS) is 7.43. The van der Waals surface area contributed by atoms with E-state index in [1.807, 2.05) is 93.1 Å². The number of carbonyl (C=O) groups excluding carboxylic acids is 3. The summed E-state index contributed by atoms with van der Waals surface area (Å²) in [6.07, 6.45) is 0. The van der Waals surface area contributed by atoms with Gasteiger partial charge in [0.25, 0.3) is 0 Å². The van der Waals surface area contributed by atoms with Gasteiger partial charge >= 0.3 is 32.4 Å². The van der Waals surface area contributed by atoms with Gasteiger partial charge in [0.2, 0.25) is 0 Å². The second-order valence-corrected chi connectivity index (χ2v) is 8.17. The molecule has 1 N–H and O–H groups in total. The van der Waals surface area contributed by atoms with Crippen molar-refractivity contribution in [1.82, 2.24) is 0 Å². The van der Waals surface area contributed by atoms with Gasteiger partial charge in [0, 0.05) is 33.6 Å². The molecule has 0 atom stereocenters. The van der Waals surface area contributed by atoms with E-state index in [-0.39, 0.29) is 33.6 Å². The summed E-state index contributed by atoms with van der Waals surface area (Å²) in [6.45, 7) is 31.7. The maximum Gasteiger partial charge on any atom is -0.172 e. The average Bonchev–Trinajstić information content (AvgIpc) is 3.86. The van der Waals surface area contributed by atoms with E-state index >= 15 is 0 Å². The molecule has 0 bridgehead atoms. The molecule has 0 amide bonds. The topological polar surface area (TPSA) is 71.4 Å². The number of hydrogen-bond acceptors (Lipinski definition) is 4. The Morgan fingerprint density at radius 2 is 0.714 bits per heavy atom. The molecule has 4 nitrogen and oxygen atoms in total. The predicted molar refractivity (Wildman–Crippen MR) is 163 cm³/mol. The molecule has 42 heavy (non-hydrogen) atoms. The molecule has 0 heterocycles. The van der Waals surface area contributed by atoms with Gasteiger partial charge in [0.1, 0.15) is 0 Å². The standard InChI is InChI=1S/2C10H15.2C5H5.CH3O.3CHO.2Co.2Mo/c2*1-6-7(2)9(4)10(5)8(6)3;2*1-2-4-5-3-1;4*1-2;;;;/h2*1-5H3;2*1-5H;2H,1H2;3*1H;;;;/q-5;7*-1;;;;. The van der Waals surface area contributed by atoms with Crippen molar-refractivity contribution in [2.24, 2.45) is 0 Å². The third-order valence-electron chi connectivity index (χ3n) is 6.74. The SMILES string of the molecule is C[c-]1[c-](C)[c-](C)[c-](C)[c-]1C.Cc1c(C)c(C)[c-](C)c1C.[CH-]=O.[CH-]=O.[CH-]=O.[CH2-]O.[Co].[Co].[Mo]=[Mo].c1cc[cH-]c1.c1cc[cH-]c1. The summed E-state index contributed by atoms with van der Waals surface area (Å²) in [6, 6.07) is 20.0. The van der Waals surface area contributed by atoms with Crippen LogP contribution in [0.5, 0.6) is 0 Å². The summed E-state index contributed by atoms with van der Waals surface area (Å²) in [7, 11) is 2.25. The second-order valence-electron chi connectivity index (χ2n) is 8.17. The Hall–Kier alpha value is -1.24. The molecule has 4 aromatic carbocycles. The summed E-state index contributed by atoms with van der Waals surface area (Å²) in [5.41, 5.74) is 14.7. The van der Waals surface area contributed by atoms with Gasteiger partial charge in [-0.1, -0.05) is 34.6 Å². The summed E-state index contributed by atoms with van der Waals surface area (Å²) in [5.74, 6) is 0. The summed E-state index contributed by atoms with van der Waals surface area (Å²) >= 11 is 3.92. The Morgan fingerprint density at radius 3 is 0.786 bits per heavy atom. The molecule has 0 aliphatic rings. The van der Waals surface area contributed by atoms with Crippen molar-refractivity contribution in [3.05, 3.63) is 123 Å². The van der Waals surface area contributed by atoms with Gasteiger partial charge in [-0.15, -0.1) is 0 Å². The van der Waals surface area contributed by atoms with Crippen LogP contribution in [0.1, 0.15) is 55.6 Å². The first-order valence-corrected chi connectivity index (χ1v) is 17.7. The van der Waals surface area contributed by atoms with E-state index in [9.17, 15) is 0 Å². The Labute approximate surface area is 296 Å². The van der Waals surface area contributed by atoms with Crippen LogP contribution in [-0.4, -0.2) is 25.5 Å². The van der Waals surface area contributed by atoms with Crippen LogP contribution in [0.3, 0.4) is 0 Å². The van der Waals surface area contributed by atoms with Gasteiger partial charge in [-0.05, 0) is 0 Å². The van der Waals surface area contributed by atoms with Crippen LogP contribution in [0.15, 0.2) is 60.7 Å². The van der Waals surface area contributed by atoms with Gasteiger partial charge in [-0.25, -0.2) is 66.0 Å². The molecule has 0 aromatic heterocycles. The Bertz CT molecular complexity index is 783. The minimum Gasteiger partial charge on any atom is -0.214 e. The zero-order valence-corrected chi connectivity index (χ0v) is 32.5. The summed E-state index contributed by atoms with van der Waals surface area (Å²) in [5, 5.41) is 6.75. The van der Waals surface area contributed by atoms with Gasteiger partial charge < -0.3 is 47.3 Å². The first kappa shape index (κ1) is 56.5. The van der Waals surface area contributed by atoms with Crippen LogP contribution in [0.2, 0.25) is 0 Å². The van der Waals surface area contributed by atoms with Crippen LogP contribution in [0.25, 0.3) is 0 Å². The monoisotopic (exact) mass is 832 g/mol. The fourth-order valence-electron chi connectivity index (χ4n) is 3.45. The maximum absolute atomic E-state index is 7.75. The minimum atomic E-state index is 0.